The zero-order valence-corrected chi connectivity index (χ0v) is 18.5. The largest absolute Gasteiger partial charge is 0.465 e. The zero-order chi connectivity index (χ0) is 19.5. The van der Waals surface area contributed by atoms with Crippen LogP contribution >= 0.6 is 0 Å². The Morgan fingerprint density at radius 2 is 1.44 bits per heavy atom. The van der Waals surface area contributed by atoms with E-state index in [0.717, 1.165) is 37.0 Å². The highest BCUT2D eigenvalue weighted by Crippen LogP contribution is 2.42. The molecule has 0 amide bonds. The van der Waals surface area contributed by atoms with Crippen LogP contribution in [0.2, 0.25) is 0 Å². The van der Waals surface area contributed by atoms with E-state index < -0.39 is 0 Å². The van der Waals surface area contributed by atoms with Crippen molar-refractivity contribution in [1.29, 1.82) is 0 Å². The molecule has 0 saturated heterocycles. The predicted octanol–water partition coefficient (Wildman–Crippen LogP) is 7.55. The summed E-state index contributed by atoms with van der Waals surface area (Å²) in [4.78, 5) is 12.3. The number of carbonyl (C=O) groups excluding carboxylic acids is 1. The molecule has 2 rings (SSSR count). The highest BCUT2D eigenvalue weighted by molar-refractivity contribution is 5.72. The van der Waals surface area contributed by atoms with Crippen LogP contribution in [0.5, 0.6) is 0 Å². The van der Waals surface area contributed by atoms with Gasteiger partial charge in [0, 0.05) is 0 Å². The highest BCUT2D eigenvalue weighted by atomic mass is 16.5. The number of esters is 1. The van der Waals surface area contributed by atoms with Crippen molar-refractivity contribution in [3.63, 3.8) is 0 Å². The second-order valence-corrected chi connectivity index (χ2v) is 9.74. The van der Waals surface area contributed by atoms with Crippen molar-refractivity contribution in [2.45, 2.75) is 117 Å². The fourth-order valence-corrected chi connectivity index (χ4v) is 5.27. The number of hydrogen-bond donors (Lipinski definition) is 0. The molecule has 0 bridgehead atoms. The number of hydrogen-bond acceptors (Lipinski definition) is 2. The highest BCUT2D eigenvalue weighted by Gasteiger charge is 2.33. The minimum atomic E-state index is 0.0838. The standard InChI is InChI=1S/C25H46O2/c1-4-6-7-8-9-10-21-11-13-22(14-12-21)23-15-17-24(18-16-23)25(26)27-19-20(3)5-2/h20-24H,4-19H2,1-3H3/t20-,21?,22?,23?,24?/m0/s1. The lowest BCUT2D eigenvalue weighted by atomic mass is 9.68. The first-order valence-corrected chi connectivity index (χ1v) is 12.3. The zero-order valence-electron chi connectivity index (χ0n) is 18.5. The van der Waals surface area contributed by atoms with Crippen molar-refractivity contribution < 1.29 is 9.53 Å². The Balaban J connectivity index is 1.58. The SMILES string of the molecule is CCCCCCCC1CCC(C2CCC(C(=O)OC[C@@H](C)CC)CC2)CC1. The molecule has 0 heterocycles. The van der Waals surface area contributed by atoms with Crippen LogP contribution in [-0.2, 0) is 9.53 Å². The summed E-state index contributed by atoms with van der Waals surface area (Å²) < 4.78 is 5.55. The molecule has 2 nitrogen and oxygen atoms in total. The van der Waals surface area contributed by atoms with Gasteiger partial charge in [-0.15, -0.1) is 0 Å². The molecule has 27 heavy (non-hydrogen) atoms. The van der Waals surface area contributed by atoms with Crippen molar-refractivity contribution in [3.05, 3.63) is 0 Å². The van der Waals surface area contributed by atoms with Crippen LogP contribution in [0.1, 0.15) is 117 Å². The fraction of sp³-hybridized carbons (Fsp3) is 0.960. The Bertz CT molecular complexity index is 389. The topological polar surface area (TPSA) is 26.3 Å². The molecule has 0 N–H and O–H groups in total. The van der Waals surface area contributed by atoms with Gasteiger partial charge in [0.2, 0.25) is 0 Å². The quantitative estimate of drug-likeness (QED) is 0.274. The maximum absolute atomic E-state index is 12.3. The van der Waals surface area contributed by atoms with E-state index in [0.29, 0.717) is 12.5 Å². The summed E-state index contributed by atoms with van der Waals surface area (Å²) in [7, 11) is 0. The van der Waals surface area contributed by atoms with E-state index in [4.69, 9.17) is 4.74 Å². The number of unbranched alkanes of at least 4 members (excludes halogenated alkanes) is 4. The second-order valence-electron chi connectivity index (χ2n) is 9.74. The summed E-state index contributed by atoms with van der Waals surface area (Å²) in [6.07, 6.45) is 20.2. The molecule has 0 aromatic rings. The fourth-order valence-electron chi connectivity index (χ4n) is 5.27. The first kappa shape index (κ1) is 22.8. The molecule has 2 fully saturated rings. The van der Waals surface area contributed by atoms with Crippen LogP contribution < -0.4 is 0 Å². The van der Waals surface area contributed by atoms with Crippen LogP contribution in [0.25, 0.3) is 0 Å². The van der Waals surface area contributed by atoms with Gasteiger partial charge in [-0.1, -0.05) is 78.6 Å². The van der Waals surface area contributed by atoms with E-state index in [1.807, 2.05) is 0 Å². The Kier molecular flexibility index (Phi) is 10.8. The summed E-state index contributed by atoms with van der Waals surface area (Å²) >= 11 is 0. The lowest BCUT2D eigenvalue weighted by Crippen LogP contribution is -2.29. The molecule has 2 heteroatoms. The van der Waals surface area contributed by atoms with E-state index in [1.165, 1.54) is 77.0 Å². The van der Waals surface area contributed by atoms with Crippen LogP contribution in [0.15, 0.2) is 0 Å². The van der Waals surface area contributed by atoms with Crippen LogP contribution in [0.4, 0.5) is 0 Å². The first-order chi connectivity index (χ1) is 13.1. The van der Waals surface area contributed by atoms with Crippen molar-refractivity contribution in [2.75, 3.05) is 6.61 Å². The van der Waals surface area contributed by atoms with Gasteiger partial charge in [0.25, 0.3) is 0 Å². The molecule has 1 atom stereocenters. The average molecular weight is 379 g/mol. The Morgan fingerprint density at radius 1 is 0.852 bits per heavy atom. The number of rotatable bonds is 11. The molecule has 2 aliphatic carbocycles. The lowest BCUT2D eigenvalue weighted by molar-refractivity contribution is -0.151. The smallest absolute Gasteiger partial charge is 0.308 e. The van der Waals surface area contributed by atoms with Crippen molar-refractivity contribution in [3.8, 4) is 0 Å². The van der Waals surface area contributed by atoms with Crippen molar-refractivity contribution >= 4 is 5.97 Å². The van der Waals surface area contributed by atoms with E-state index in [2.05, 4.69) is 20.8 Å². The van der Waals surface area contributed by atoms with E-state index >= 15 is 0 Å². The van der Waals surface area contributed by atoms with E-state index in [1.54, 1.807) is 0 Å². The Labute approximate surface area is 169 Å². The summed E-state index contributed by atoms with van der Waals surface area (Å²) in [6, 6.07) is 0. The normalized spacial score (nSPS) is 30.0. The minimum Gasteiger partial charge on any atom is -0.465 e. The predicted molar refractivity (Wildman–Crippen MR) is 115 cm³/mol. The maximum atomic E-state index is 12.3. The van der Waals surface area contributed by atoms with Gasteiger partial charge in [0.05, 0.1) is 12.5 Å². The van der Waals surface area contributed by atoms with Gasteiger partial charge in [-0.05, 0) is 62.2 Å². The first-order valence-electron chi connectivity index (χ1n) is 12.3. The van der Waals surface area contributed by atoms with Crippen LogP contribution in [0, 0.1) is 29.6 Å². The molecule has 0 aromatic heterocycles. The molecule has 2 saturated carbocycles. The maximum Gasteiger partial charge on any atom is 0.308 e. The minimum absolute atomic E-state index is 0.0838. The molecule has 0 radical (unpaired) electrons. The molecular formula is C25H46O2. The molecule has 158 valence electrons. The molecule has 2 aliphatic rings. The van der Waals surface area contributed by atoms with E-state index in [-0.39, 0.29) is 11.9 Å². The van der Waals surface area contributed by atoms with Gasteiger partial charge in [0.15, 0.2) is 0 Å². The van der Waals surface area contributed by atoms with Gasteiger partial charge in [-0.3, -0.25) is 4.79 Å². The molecule has 0 aromatic carbocycles. The Morgan fingerprint density at radius 3 is 2.04 bits per heavy atom. The summed E-state index contributed by atoms with van der Waals surface area (Å²) in [5, 5.41) is 0. The summed E-state index contributed by atoms with van der Waals surface area (Å²) in [6.45, 7) is 7.22. The average Bonchev–Trinajstić information content (AvgIpc) is 2.72. The molecule has 0 unspecified atom stereocenters. The van der Waals surface area contributed by atoms with Gasteiger partial charge in [0.1, 0.15) is 0 Å². The van der Waals surface area contributed by atoms with Crippen LogP contribution in [-0.4, -0.2) is 12.6 Å². The van der Waals surface area contributed by atoms with Gasteiger partial charge < -0.3 is 4.74 Å². The Hall–Kier alpha value is -0.530. The molecule has 0 spiro atoms. The summed E-state index contributed by atoms with van der Waals surface area (Å²) in [5.74, 6) is 3.60. The summed E-state index contributed by atoms with van der Waals surface area (Å²) in [5.41, 5.74) is 0. The third kappa shape index (κ3) is 8.16. The van der Waals surface area contributed by atoms with E-state index in [9.17, 15) is 4.79 Å². The number of carbonyl (C=O) groups is 1. The monoisotopic (exact) mass is 378 g/mol. The van der Waals surface area contributed by atoms with Crippen LogP contribution in [0.3, 0.4) is 0 Å². The third-order valence-electron chi connectivity index (χ3n) is 7.59. The third-order valence-corrected chi connectivity index (χ3v) is 7.59. The van der Waals surface area contributed by atoms with Crippen molar-refractivity contribution in [2.24, 2.45) is 29.6 Å². The van der Waals surface area contributed by atoms with Crippen molar-refractivity contribution in [1.82, 2.24) is 0 Å². The molecular weight excluding hydrogens is 332 g/mol. The van der Waals surface area contributed by atoms with Gasteiger partial charge >= 0.3 is 5.97 Å². The molecule has 0 aliphatic heterocycles. The van der Waals surface area contributed by atoms with Gasteiger partial charge in [-0.2, -0.15) is 0 Å². The van der Waals surface area contributed by atoms with Gasteiger partial charge in [-0.25, -0.2) is 0 Å². The second kappa shape index (κ2) is 12.8. The lowest BCUT2D eigenvalue weighted by Gasteiger charge is -2.37. The number of ether oxygens (including phenoxy) is 1.